The molecule has 6 aliphatic heterocycles. The van der Waals surface area contributed by atoms with Crippen molar-refractivity contribution in [3.05, 3.63) is 59.7 Å². The topological polar surface area (TPSA) is 175 Å². The number of carbonyl (C=O) groups is 5. The molecule has 4 saturated heterocycles. The zero-order valence-corrected chi connectivity index (χ0v) is 29.1. The number of rotatable bonds is 5. The number of hydrogen-bond donors (Lipinski definition) is 3. The molecule has 0 bridgehead atoms. The van der Waals surface area contributed by atoms with Gasteiger partial charge < -0.3 is 30.0 Å². The Hall–Kier alpha value is -5.77. The number of aromatic nitrogens is 2. The van der Waals surface area contributed by atoms with Crippen LogP contribution in [-0.4, -0.2) is 149 Å². The number of para-hydroxylation sites is 1. The van der Waals surface area contributed by atoms with E-state index in [1.165, 1.54) is 0 Å². The van der Waals surface area contributed by atoms with Crippen molar-refractivity contribution in [2.24, 2.45) is 5.92 Å². The summed E-state index contributed by atoms with van der Waals surface area (Å²) < 4.78 is 0. The van der Waals surface area contributed by atoms with Gasteiger partial charge in [0.25, 0.3) is 11.8 Å². The standard InChI is InChI=1S/C37H40N10O6/c48-31-4-2-1-3-26(31)28-16-30-33(41-40-28)38-17-24-21-44(13-14-46(24)30)37(53)43-11-9-42(10-12-43)18-22-19-45(20-22)23-5-6-25-27(15-23)36(52)47(35(25)51)29-7-8-32(49)39-34(29)50/h1-6,15-16,22,24,29,48H,7-14,17-21H2,(H,38,41)(H,39,49,50)/t24-,29?/m0/s1. The molecule has 3 N–H and O–H groups in total. The number of imide groups is 2. The monoisotopic (exact) mass is 720 g/mol. The number of phenolic OH excluding ortho intramolecular Hbond substituents is 1. The van der Waals surface area contributed by atoms with E-state index >= 15 is 0 Å². The molecule has 16 nitrogen and oxygen atoms in total. The van der Waals surface area contributed by atoms with E-state index in [2.05, 4.69) is 35.5 Å². The molecule has 6 amide bonds. The molecule has 2 aromatic carbocycles. The number of nitrogens with zero attached hydrogens (tertiary/aromatic N) is 8. The minimum Gasteiger partial charge on any atom is -0.507 e. The second kappa shape index (κ2) is 13.0. The van der Waals surface area contributed by atoms with Gasteiger partial charge in [-0.25, -0.2) is 4.79 Å². The number of nitrogens with one attached hydrogen (secondary N) is 2. The van der Waals surface area contributed by atoms with Crippen molar-refractivity contribution < 1.29 is 29.1 Å². The van der Waals surface area contributed by atoms with Crippen LogP contribution in [0.3, 0.4) is 0 Å². The van der Waals surface area contributed by atoms with E-state index in [0.717, 1.165) is 49.0 Å². The second-order valence-corrected chi connectivity index (χ2v) is 14.7. The van der Waals surface area contributed by atoms with Gasteiger partial charge >= 0.3 is 6.03 Å². The molecule has 9 rings (SSSR count). The predicted molar refractivity (Wildman–Crippen MR) is 193 cm³/mol. The van der Waals surface area contributed by atoms with Crippen LogP contribution in [0.15, 0.2) is 48.5 Å². The third-order valence-electron chi connectivity index (χ3n) is 11.4. The first kappa shape index (κ1) is 33.1. The van der Waals surface area contributed by atoms with Gasteiger partial charge in [0.2, 0.25) is 11.8 Å². The van der Waals surface area contributed by atoms with Crippen LogP contribution >= 0.6 is 0 Å². The molecule has 274 valence electrons. The van der Waals surface area contributed by atoms with Gasteiger partial charge in [0, 0.05) is 95.6 Å². The van der Waals surface area contributed by atoms with Crippen molar-refractivity contribution in [2.45, 2.75) is 24.9 Å². The normalized spacial score (nSPS) is 23.3. The number of aromatic hydroxyl groups is 1. The minimum atomic E-state index is -0.979. The summed E-state index contributed by atoms with van der Waals surface area (Å²) >= 11 is 0. The lowest BCUT2D eigenvalue weighted by Crippen LogP contribution is -2.62. The molecule has 6 aliphatic rings. The summed E-state index contributed by atoms with van der Waals surface area (Å²) in [5.41, 5.74) is 3.60. The number of piperazine rings is 2. The molecule has 1 unspecified atom stereocenters. The Morgan fingerprint density at radius 3 is 2.40 bits per heavy atom. The van der Waals surface area contributed by atoms with Gasteiger partial charge in [-0.2, -0.15) is 0 Å². The highest BCUT2D eigenvalue weighted by Crippen LogP contribution is 2.37. The summed E-state index contributed by atoms with van der Waals surface area (Å²) in [5.74, 6) is -0.705. The molecule has 3 aromatic rings. The fourth-order valence-electron chi connectivity index (χ4n) is 8.52. The van der Waals surface area contributed by atoms with Crippen molar-refractivity contribution >= 4 is 46.9 Å². The average Bonchev–Trinajstić information content (AvgIpc) is 3.40. The van der Waals surface area contributed by atoms with Crippen molar-refractivity contribution in [3.63, 3.8) is 0 Å². The Labute approximate surface area is 305 Å². The Morgan fingerprint density at radius 1 is 0.830 bits per heavy atom. The molecule has 2 atom stereocenters. The smallest absolute Gasteiger partial charge is 0.320 e. The van der Waals surface area contributed by atoms with Gasteiger partial charge in [0.1, 0.15) is 11.8 Å². The van der Waals surface area contributed by atoms with Crippen LogP contribution in [0.2, 0.25) is 0 Å². The maximum atomic E-state index is 13.7. The molecular formula is C37H40N10O6. The molecule has 16 heteroatoms. The van der Waals surface area contributed by atoms with Gasteiger partial charge in [-0.1, -0.05) is 12.1 Å². The Bertz CT molecular complexity index is 2030. The van der Waals surface area contributed by atoms with Crippen LogP contribution in [0, 0.1) is 5.92 Å². The second-order valence-electron chi connectivity index (χ2n) is 14.7. The summed E-state index contributed by atoms with van der Waals surface area (Å²) in [6, 6.07) is 13.5. The van der Waals surface area contributed by atoms with E-state index in [1.54, 1.807) is 24.3 Å². The number of benzene rings is 2. The number of phenols is 1. The number of anilines is 3. The number of piperidine rings is 1. The van der Waals surface area contributed by atoms with Crippen molar-refractivity contribution in [2.75, 3.05) is 87.1 Å². The summed E-state index contributed by atoms with van der Waals surface area (Å²) in [7, 11) is 0. The molecule has 0 aliphatic carbocycles. The van der Waals surface area contributed by atoms with Crippen molar-refractivity contribution in [1.29, 1.82) is 0 Å². The predicted octanol–water partition coefficient (Wildman–Crippen LogP) is 1.04. The molecule has 4 fully saturated rings. The highest BCUT2D eigenvalue weighted by molar-refractivity contribution is 6.23. The molecule has 0 radical (unpaired) electrons. The third kappa shape index (κ3) is 5.86. The van der Waals surface area contributed by atoms with E-state index in [9.17, 15) is 29.1 Å². The van der Waals surface area contributed by atoms with Crippen molar-refractivity contribution in [1.82, 2.24) is 35.1 Å². The first-order valence-corrected chi connectivity index (χ1v) is 18.2. The van der Waals surface area contributed by atoms with Crippen LogP contribution in [0.5, 0.6) is 5.75 Å². The number of carbonyl (C=O) groups excluding carboxylic acids is 5. The van der Waals surface area contributed by atoms with E-state index in [0.29, 0.717) is 67.8 Å². The van der Waals surface area contributed by atoms with Gasteiger partial charge in [0.05, 0.1) is 28.6 Å². The number of hydrogen-bond acceptors (Lipinski definition) is 12. The van der Waals surface area contributed by atoms with Gasteiger partial charge in [0.15, 0.2) is 5.82 Å². The maximum Gasteiger partial charge on any atom is 0.320 e. The Morgan fingerprint density at radius 2 is 1.60 bits per heavy atom. The van der Waals surface area contributed by atoms with Crippen LogP contribution in [0.1, 0.15) is 33.6 Å². The quantitative estimate of drug-likeness (QED) is 0.320. The lowest BCUT2D eigenvalue weighted by Gasteiger charge is -2.48. The highest BCUT2D eigenvalue weighted by atomic mass is 16.3. The van der Waals surface area contributed by atoms with Gasteiger partial charge in [-0.05, 0) is 42.8 Å². The number of amides is 6. The van der Waals surface area contributed by atoms with Crippen molar-refractivity contribution in [3.8, 4) is 17.0 Å². The third-order valence-corrected chi connectivity index (χ3v) is 11.4. The van der Waals surface area contributed by atoms with Gasteiger partial charge in [-0.3, -0.25) is 34.3 Å². The summed E-state index contributed by atoms with van der Waals surface area (Å²) in [6.45, 7) is 8.07. The lowest BCUT2D eigenvalue weighted by atomic mass is 9.97. The van der Waals surface area contributed by atoms with E-state index in [4.69, 9.17) is 0 Å². The molecule has 7 heterocycles. The fraction of sp³-hybridized carbons (Fsp3) is 0.432. The maximum absolute atomic E-state index is 13.7. The molecule has 1 aromatic heterocycles. The van der Waals surface area contributed by atoms with E-state index in [1.807, 2.05) is 34.1 Å². The molecule has 0 saturated carbocycles. The first-order valence-electron chi connectivity index (χ1n) is 18.2. The highest BCUT2D eigenvalue weighted by Gasteiger charge is 2.45. The zero-order chi connectivity index (χ0) is 36.4. The summed E-state index contributed by atoms with van der Waals surface area (Å²) in [6.07, 6.45) is 0.216. The van der Waals surface area contributed by atoms with Crippen LogP contribution in [0.25, 0.3) is 11.3 Å². The fourth-order valence-corrected chi connectivity index (χ4v) is 8.52. The Balaban J connectivity index is 0.752. The zero-order valence-electron chi connectivity index (χ0n) is 29.1. The lowest BCUT2D eigenvalue weighted by molar-refractivity contribution is -0.136. The average molecular weight is 721 g/mol. The van der Waals surface area contributed by atoms with Crippen LogP contribution in [0.4, 0.5) is 22.0 Å². The number of fused-ring (bicyclic) bond motifs is 4. The summed E-state index contributed by atoms with van der Waals surface area (Å²) in [4.78, 5) is 75.8. The first-order chi connectivity index (χ1) is 25.7. The van der Waals surface area contributed by atoms with E-state index < -0.39 is 29.7 Å². The van der Waals surface area contributed by atoms with Gasteiger partial charge in [-0.15, -0.1) is 10.2 Å². The van der Waals surface area contributed by atoms with E-state index in [-0.39, 0.29) is 36.2 Å². The molecule has 53 heavy (non-hydrogen) atoms. The SMILES string of the molecule is O=C1CCC(N2C(=O)c3ccc(N4CC(CN5CCN(C(=O)N6CCN7c8cc(-c9ccccc9O)nnc8NC[C@H]7C6)CC5)C4)cc3C2=O)C(=O)N1. The molecule has 0 spiro atoms. The minimum absolute atomic E-state index is 0.0773. The van der Waals surface area contributed by atoms with Crippen LogP contribution < -0.4 is 20.4 Å². The Kier molecular flexibility index (Phi) is 8.13. The summed E-state index contributed by atoms with van der Waals surface area (Å²) in [5, 5.41) is 24.7. The van der Waals surface area contributed by atoms with Crippen LogP contribution in [-0.2, 0) is 9.59 Å². The largest absolute Gasteiger partial charge is 0.507 e. The number of urea groups is 1. The molecular weight excluding hydrogens is 680 g/mol.